The van der Waals surface area contributed by atoms with Gasteiger partial charge in [-0.1, -0.05) is 18.2 Å². The van der Waals surface area contributed by atoms with Gasteiger partial charge < -0.3 is 9.64 Å². The standard InChI is InChI=1S/C26H29N7O2/c1-26(2,3)35-25(34)32-13-18(14-32)15-33-17-23(12-30-33)21-9-27-24(28-10-21)20-7-5-6-19(8-20)22-11-29-31(4)16-22/h5-12,16-18H,13-15H2,1-4H3. The number of likely N-dealkylation sites (tertiary alicyclic amines) is 1. The lowest BCUT2D eigenvalue weighted by Crippen LogP contribution is -2.52. The number of benzene rings is 1. The van der Waals surface area contributed by atoms with Gasteiger partial charge in [0.1, 0.15) is 5.60 Å². The molecule has 9 nitrogen and oxygen atoms in total. The number of carbonyl (C=O) groups is 1. The van der Waals surface area contributed by atoms with Crippen molar-refractivity contribution in [3.05, 3.63) is 61.4 Å². The molecule has 4 aromatic rings. The summed E-state index contributed by atoms with van der Waals surface area (Å²) in [5.74, 6) is 1.03. The Kier molecular flexibility index (Phi) is 5.84. The van der Waals surface area contributed by atoms with Crippen LogP contribution in [-0.4, -0.2) is 59.2 Å². The van der Waals surface area contributed by atoms with Gasteiger partial charge in [-0.25, -0.2) is 14.8 Å². The third-order valence-corrected chi connectivity index (χ3v) is 5.83. The molecule has 3 aromatic heterocycles. The molecular formula is C26H29N7O2. The molecule has 0 N–H and O–H groups in total. The number of ether oxygens (including phenoxy) is 1. The first-order valence-electron chi connectivity index (χ1n) is 11.7. The minimum Gasteiger partial charge on any atom is -0.444 e. The summed E-state index contributed by atoms with van der Waals surface area (Å²) in [6.45, 7) is 7.75. The Morgan fingerprint density at radius 1 is 0.943 bits per heavy atom. The number of carbonyl (C=O) groups excluding carboxylic acids is 1. The van der Waals surface area contributed by atoms with Crippen molar-refractivity contribution in [2.24, 2.45) is 13.0 Å². The highest BCUT2D eigenvalue weighted by Gasteiger charge is 2.33. The Morgan fingerprint density at radius 2 is 1.63 bits per heavy atom. The van der Waals surface area contributed by atoms with E-state index < -0.39 is 5.60 Å². The van der Waals surface area contributed by atoms with Gasteiger partial charge in [-0.3, -0.25) is 9.36 Å². The maximum Gasteiger partial charge on any atom is 0.410 e. The lowest BCUT2D eigenvalue weighted by molar-refractivity contribution is -0.00383. The summed E-state index contributed by atoms with van der Waals surface area (Å²) in [4.78, 5) is 23.0. The molecule has 0 unspecified atom stereocenters. The summed E-state index contributed by atoms with van der Waals surface area (Å²) >= 11 is 0. The Bertz CT molecular complexity index is 1330. The zero-order chi connectivity index (χ0) is 24.6. The molecule has 0 spiro atoms. The second-order valence-electron chi connectivity index (χ2n) is 9.98. The third kappa shape index (κ3) is 5.24. The van der Waals surface area contributed by atoms with Crippen molar-refractivity contribution in [2.45, 2.75) is 32.9 Å². The molecule has 5 rings (SSSR count). The lowest BCUT2D eigenvalue weighted by atomic mass is 10.0. The molecule has 1 aliphatic rings. The Morgan fingerprint density at radius 3 is 2.31 bits per heavy atom. The normalized spacial score (nSPS) is 14.1. The third-order valence-electron chi connectivity index (χ3n) is 5.83. The van der Waals surface area contributed by atoms with Crippen LogP contribution in [0, 0.1) is 5.92 Å². The molecule has 35 heavy (non-hydrogen) atoms. The monoisotopic (exact) mass is 471 g/mol. The summed E-state index contributed by atoms with van der Waals surface area (Å²) in [5.41, 5.74) is 4.48. The fraction of sp³-hybridized carbons (Fsp3) is 0.346. The molecule has 1 amide bonds. The highest BCUT2D eigenvalue weighted by atomic mass is 16.6. The zero-order valence-corrected chi connectivity index (χ0v) is 20.4. The largest absolute Gasteiger partial charge is 0.444 e. The van der Waals surface area contributed by atoms with Crippen LogP contribution in [0.5, 0.6) is 0 Å². The minimum atomic E-state index is -0.473. The number of rotatable bonds is 5. The number of aromatic nitrogens is 6. The average molecular weight is 472 g/mol. The zero-order valence-electron chi connectivity index (χ0n) is 20.4. The summed E-state index contributed by atoms with van der Waals surface area (Å²) in [7, 11) is 1.91. The van der Waals surface area contributed by atoms with E-state index in [1.165, 1.54) is 0 Å². The van der Waals surface area contributed by atoms with Gasteiger partial charge in [0.05, 0.1) is 12.4 Å². The van der Waals surface area contributed by atoms with Gasteiger partial charge in [-0.15, -0.1) is 0 Å². The van der Waals surface area contributed by atoms with E-state index in [2.05, 4.69) is 32.3 Å². The first kappa shape index (κ1) is 22.8. The topological polar surface area (TPSA) is 91.0 Å². The molecule has 0 radical (unpaired) electrons. The van der Waals surface area contributed by atoms with E-state index in [9.17, 15) is 4.79 Å². The fourth-order valence-electron chi connectivity index (χ4n) is 4.07. The highest BCUT2D eigenvalue weighted by Crippen LogP contribution is 2.26. The summed E-state index contributed by atoms with van der Waals surface area (Å²) < 4.78 is 9.12. The van der Waals surface area contributed by atoms with Crippen molar-refractivity contribution in [1.29, 1.82) is 0 Å². The maximum absolute atomic E-state index is 12.1. The predicted octanol–water partition coefficient (Wildman–Crippen LogP) is 4.27. The SMILES string of the molecule is Cn1cc(-c2cccc(-c3ncc(-c4cnn(CC5CN(C(=O)OC(C)(C)C)C5)c4)cn3)c2)cn1. The molecule has 4 heterocycles. The second-order valence-corrected chi connectivity index (χ2v) is 9.98. The van der Waals surface area contributed by atoms with Crippen LogP contribution in [0.1, 0.15) is 20.8 Å². The molecule has 0 saturated carbocycles. The van der Waals surface area contributed by atoms with Gasteiger partial charge in [0.25, 0.3) is 0 Å². The van der Waals surface area contributed by atoms with E-state index in [-0.39, 0.29) is 6.09 Å². The van der Waals surface area contributed by atoms with Crippen LogP contribution >= 0.6 is 0 Å². The van der Waals surface area contributed by atoms with E-state index in [4.69, 9.17) is 4.74 Å². The molecule has 9 heteroatoms. The van der Waals surface area contributed by atoms with Gasteiger partial charge in [-0.05, 0) is 32.4 Å². The molecule has 1 aliphatic heterocycles. The van der Waals surface area contributed by atoms with Gasteiger partial charge in [0, 0.05) is 79.6 Å². The molecule has 0 bridgehead atoms. The van der Waals surface area contributed by atoms with Gasteiger partial charge >= 0.3 is 6.09 Å². The van der Waals surface area contributed by atoms with Gasteiger partial charge in [0.2, 0.25) is 0 Å². The quantitative estimate of drug-likeness (QED) is 0.432. The molecule has 180 valence electrons. The van der Waals surface area contributed by atoms with Gasteiger partial charge in [-0.2, -0.15) is 10.2 Å². The van der Waals surface area contributed by atoms with Crippen LogP contribution < -0.4 is 0 Å². The number of hydrogen-bond donors (Lipinski definition) is 0. The number of amides is 1. The lowest BCUT2D eigenvalue weighted by Gasteiger charge is -2.39. The van der Waals surface area contributed by atoms with E-state index in [0.29, 0.717) is 24.8 Å². The first-order valence-corrected chi connectivity index (χ1v) is 11.7. The van der Waals surface area contributed by atoms with Crippen molar-refractivity contribution < 1.29 is 9.53 Å². The number of hydrogen-bond acceptors (Lipinski definition) is 6. The van der Waals surface area contributed by atoms with Crippen LogP contribution in [0.15, 0.2) is 61.4 Å². The molecule has 1 aromatic carbocycles. The van der Waals surface area contributed by atoms with E-state index in [0.717, 1.165) is 34.4 Å². The predicted molar refractivity (Wildman–Crippen MR) is 132 cm³/mol. The second kappa shape index (κ2) is 8.98. The highest BCUT2D eigenvalue weighted by molar-refractivity contribution is 5.70. The molecule has 0 aliphatic carbocycles. The summed E-state index contributed by atoms with van der Waals surface area (Å²) in [6, 6.07) is 8.14. The van der Waals surface area contributed by atoms with Crippen LogP contribution in [0.3, 0.4) is 0 Å². The van der Waals surface area contributed by atoms with Crippen molar-refractivity contribution in [2.75, 3.05) is 13.1 Å². The van der Waals surface area contributed by atoms with Gasteiger partial charge in [0.15, 0.2) is 5.82 Å². The fourth-order valence-corrected chi connectivity index (χ4v) is 4.07. The van der Waals surface area contributed by atoms with Crippen LogP contribution in [0.2, 0.25) is 0 Å². The Labute approximate surface area is 204 Å². The van der Waals surface area contributed by atoms with E-state index in [1.807, 2.05) is 81.8 Å². The van der Waals surface area contributed by atoms with E-state index in [1.54, 1.807) is 9.58 Å². The first-order chi connectivity index (χ1) is 16.7. The molecule has 1 saturated heterocycles. The average Bonchev–Trinajstić information content (AvgIpc) is 3.44. The Balaban J connectivity index is 1.21. The van der Waals surface area contributed by atoms with Crippen molar-refractivity contribution in [1.82, 2.24) is 34.4 Å². The summed E-state index contributed by atoms with van der Waals surface area (Å²) in [6.07, 6.45) is 11.1. The van der Waals surface area contributed by atoms with Crippen molar-refractivity contribution in [3.8, 4) is 33.6 Å². The van der Waals surface area contributed by atoms with Crippen molar-refractivity contribution >= 4 is 6.09 Å². The van der Waals surface area contributed by atoms with Crippen LogP contribution in [-0.2, 0) is 18.3 Å². The number of nitrogens with zero attached hydrogens (tertiary/aromatic N) is 7. The molecular weight excluding hydrogens is 442 g/mol. The van der Waals surface area contributed by atoms with Crippen LogP contribution in [0.25, 0.3) is 33.6 Å². The van der Waals surface area contributed by atoms with E-state index >= 15 is 0 Å². The van der Waals surface area contributed by atoms with Crippen LogP contribution in [0.4, 0.5) is 4.79 Å². The molecule has 1 fully saturated rings. The Hall–Kier alpha value is -4.01. The van der Waals surface area contributed by atoms with Crippen molar-refractivity contribution in [3.63, 3.8) is 0 Å². The summed E-state index contributed by atoms with van der Waals surface area (Å²) in [5, 5.41) is 8.74. The minimum absolute atomic E-state index is 0.252. The number of aryl methyl sites for hydroxylation is 1. The maximum atomic E-state index is 12.1. The smallest absolute Gasteiger partial charge is 0.410 e. The molecule has 0 atom stereocenters.